The molecule has 1 aromatic carbocycles. The predicted molar refractivity (Wildman–Crippen MR) is 79.4 cm³/mol. The molecule has 0 aliphatic heterocycles. The van der Waals surface area contributed by atoms with Crippen LogP contribution in [0.4, 0.5) is 5.95 Å². The SMILES string of the molecule is Cc1cc(C)nc(NS(=O)(=O)c2cccc(C(C)O)c2)n1. The van der Waals surface area contributed by atoms with Crippen LogP contribution < -0.4 is 4.72 Å². The lowest BCUT2D eigenvalue weighted by Gasteiger charge is -2.10. The van der Waals surface area contributed by atoms with Gasteiger partial charge in [0.25, 0.3) is 10.0 Å². The molecule has 112 valence electrons. The average Bonchev–Trinajstić information content (AvgIpc) is 2.37. The molecule has 0 saturated heterocycles. The highest BCUT2D eigenvalue weighted by Crippen LogP contribution is 2.19. The smallest absolute Gasteiger partial charge is 0.264 e. The van der Waals surface area contributed by atoms with Crippen molar-refractivity contribution in [3.8, 4) is 0 Å². The summed E-state index contributed by atoms with van der Waals surface area (Å²) in [6.07, 6.45) is -0.738. The summed E-state index contributed by atoms with van der Waals surface area (Å²) in [5.41, 5.74) is 1.88. The van der Waals surface area contributed by atoms with E-state index < -0.39 is 16.1 Å². The fourth-order valence-corrected chi connectivity index (χ4v) is 2.89. The summed E-state index contributed by atoms with van der Waals surface area (Å²) >= 11 is 0. The maximum atomic E-state index is 12.3. The van der Waals surface area contributed by atoms with Gasteiger partial charge in [-0.05, 0) is 44.5 Å². The Bertz CT molecular complexity index is 738. The van der Waals surface area contributed by atoms with Crippen molar-refractivity contribution < 1.29 is 13.5 Å². The standard InChI is InChI=1S/C14H17N3O3S/c1-9-7-10(2)16-14(15-9)17-21(19,20)13-6-4-5-12(8-13)11(3)18/h4-8,11,18H,1-3H3,(H,15,16,17). The molecule has 0 spiro atoms. The normalized spacial score (nSPS) is 13.0. The molecule has 0 saturated carbocycles. The van der Waals surface area contributed by atoms with Crippen molar-refractivity contribution in [3.63, 3.8) is 0 Å². The van der Waals surface area contributed by atoms with E-state index in [0.29, 0.717) is 17.0 Å². The summed E-state index contributed by atoms with van der Waals surface area (Å²) in [7, 11) is -3.79. The van der Waals surface area contributed by atoms with E-state index in [4.69, 9.17) is 0 Å². The molecule has 1 heterocycles. The van der Waals surface area contributed by atoms with E-state index in [9.17, 15) is 13.5 Å². The van der Waals surface area contributed by atoms with Gasteiger partial charge >= 0.3 is 0 Å². The van der Waals surface area contributed by atoms with Gasteiger partial charge in [0.15, 0.2) is 0 Å². The maximum Gasteiger partial charge on any atom is 0.264 e. The van der Waals surface area contributed by atoms with Crippen LogP contribution in [-0.4, -0.2) is 23.5 Å². The summed E-state index contributed by atoms with van der Waals surface area (Å²) in [5.74, 6) is 0.0370. The van der Waals surface area contributed by atoms with Gasteiger partial charge in [-0.25, -0.2) is 23.1 Å². The highest BCUT2D eigenvalue weighted by Gasteiger charge is 2.17. The van der Waals surface area contributed by atoms with Gasteiger partial charge < -0.3 is 5.11 Å². The molecule has 1 unspecified atom stereocenters. The van der Waals surface area contributed by atoms with Crippen LogP contribution in [0.5, 0.6) is 0 Å². The Labute approximate surface area is 123 Å². The molecule has 7 heteroatoms. The van der Waals surface area contributed by atoms with E-state index in [1.54, 1.807) is 39.0 Å². The molecule has 0 aliphatic rings. The van der Waals surface area contributed by atoms with Gasteiger partial charge in [0.1, 0.15) is 0 Å². The molecular formula is C14H17N3O3S. The second-order valence-corrected chi connectivity index (χ2v) is 6.51. The van der Waals surface area contributed by atoms with Crippen LogP contribution in [0, 0.1) is 13.8 Å². The number of aliphatic hydroxyl groups excluding tert-OH is 1. The van der Waals surface area contributed by atoms with Crippen LogP contribution >= 0.6 is 0 Å². The molecule has 21 heavy (non-hydrogen) atoms. The molecule has 1 atom stereocenters. The third kappa shape index (κ3) is 3.77. The number of aliphatic hydroxyl groups is 1. The average molecular weight is 307 g/mol. The number of hydrogen-bond acceptors (Lipinski definition) is 5. The largest absolute Gasteiger partial charge is 0.389 e. The molecule has 0 aliphatic carbocycles. The molecule has 6 nitrogen and oxygen atoms in total. The first kappa shape index (κ1) is 15.4. The first-order valence-electron chi connectivity index (χ1n) is 6.41. The quantitative estimate of drug-likeness (QED) is 0.900. The minimum absolute atomic E-state index is 0.0370. The lowest BCUT2D eigenvalue weighted by Crippen LogP contribution is -2.16. The van der Waals surface area contributed by atoms with Crippen molar-refractivity contribution >= 4 is 16.0 Å². The number of aryl methyl sites for hydroxylation is 2. The summed E-state index contributed by atoms with van der Waals surface area (Å²) in [6.45, 7) is 5.10. The van der Waals surface area contributed by atoms with Crippen molar-refractivity contribution in [2.45, 2.75) is 31.8 Å². The van der Waals surface area contributed by atoms with Crippen LogP contribution in [-0.2, 0) is 10.0 Å². The fourth-order valence-electron chi connectivity index (χ4n) is 1.89. The van der Waals surface area contributed by atoms with Crippen LogP contribution in [0.15, 0.2) is 35.2 Å². The summed E-state index contributed by atoms with van der Waals surface area (Å²) in [4.78, 5) is 8.16. The van der Waals surface area contributed by atoms with E-state index >= 15 is 0 Å². The number of benzene rings is 1. The van der Waals surface area contributed by atoms with E-state index in [0.717, 1.165) is 0 Å². The number of hydrogen-bond donors (Lipinski definition) is 2. The topological polar surface area (TPSA) is 92.2 Å². The predicted octanol–water partition coefficient (Wildman–Crippen LogP) is 1.95. The monoisotopic (exact) mass is 307 g/mol. The van der Waals surface area contributed by atoms with E-state index in [1.807, 2.05) is 0 Å². The van der Waals surface area contributed by atoms with Crippen molar-refractivity contribution in [1.82, 2.24) is 9.97 Å². The molecular weight excluding hydrogens is 290 g/mol. The maximum absolute atomic E-state index is 12.3. The summed E-state index contributed by atoms with van der Waals surface area (Å²) in [6, 6.07) is 7.88. The Morgan fingerprint density at radius 3 is 2.33 bits per heavy atom. The Morgan fingerprint density at radius 1 is 1.14 bits per heavy atom. The Balaban J connectivity index is 2.36. The zero-order valence-corrected chi connectivity index (χ0v) is 12.8. The third-order valence-electron chi connectivity index (χ3n) is 2.86. The third-order valence-corrected chi connectivity index (χ3v) is 4.18. The Kier molecular flexibility index (Phi) is 4.24. The van der Waals surface area contributed by atoms with Crippen molar-refractivity contribution in [2.24, 2.45) is 0 Å². The van der Waals surface area contributed by atoms with Crippen LogP contribution in [0.2, 0.25) is 0 Å². The molecule has 0 fully saturated rings. The van der Waals surface area contributed by atoms with E-state index in [2.05, 4.69) is 14.7 Å². The van der Waals surface area contributed by atoms with Gasteiger partial charge in [-0.1, -0.05) is 12.1 Å². The Morgan fingerprint density at radius 2 is 1.76 bits per heavy atom. The summed E-state index contributed by atoms with van der Waals surface area (Å²) < 4.78 is 27.0. The Hall–Kier alpha value is -1.99. The minimum Gasteiger partial charge on any atom is -0.389 e. The van der Waals surface area contributed by atoms with Crippen molar-refractivity contribution in [1.29, 1.82) is 0 Å². The number of aromatic nitrogens is 2. The summed E-state index contributed by atoms with van der Waals surface area (Å²) in [5, 5.41) is 9.54. The van der Waals surface area contributed by atoms with Crippen LogP contribution in [0.25, 0.3) is 0 Å². The van der Waals surface area contributed by atoms with Gasteiger partial charge in [-0.2, -0.15) is 0 Å². The number of nitrogens with zero attached hydrogens (tertiary/aromatic N) is 2. The van der Waals surface area contributed by atoms with Gasteiger partial charge in [-0.15, -0.1) is 0 Å². The number of rotatable bonds is 4. The minimum atomic E-state index is -3.79. The highest BCUT2D eigenvalue weighted by molar-refractivity contribution is 7.92. The number of sulfonamides is 1. The zero-order chi connectivity index (χ0) is 15.6. The second kappa shape index (κ2) is 5.79. The lowest BCUT2D eigenvalue weighted by atomic mass is 10.1. The van der Waals surface area contributed by atoms with Gasteiger partial charge in [0.05, 0.1) is 11.0 Å². The molecule has 2 N–H and O–H groups in total. The molecule has 0 bridgehead atoms. The molecule has 2 aromatic rings. The highest BCUT2D eigenvalue weighted by atomic mass is 32.2. The number of anilines is 1. The molecule has 2 rings (SSSR count). The fraction of sp³-hybridized carbons (Fsp3) is 0.286. The van der Waals surface area contributed by atoms with Gasteiger partial charge in [-0.3, -0.25) is 0 Å². The van der Waals surface area contributed by atoms with Crippen molar-refractivity contribution in [3.05, 3.63) is 47.3 Å². The van der Waals surface area contributed by atoms with Crippen molar-refractivity contribution in [2.75, 3.05) is 4.72 Å². The van der Waals surface area contributed by atoms with E-state index in [-0.39, 0.29) is 10.8 Å². The molecule has 1 aromatic heterocycles. The molecule has 0 radical (unpaired) electrons. The van der Waals surface area contributed by atoms with Gasteiger partial charge in [0.2, 0.25) is 5.95 Å². The van der Waals surface area contributed by atoms with Crippen LogP contribution in [0.1, 0.15) is 30.0 Å². The lowest BCUT2D eigenvalue weighted by molar-refractivity contribution is 0.199. The second-order valence-electron chi connectivity index (χ2n) is 4.83. The number of nitrogens with one attached hydrogen (secondary N) is 1. The van der Waals surface area contributed by atoms with E-state index in [1.165, 1.54) is 12.1 Å². The van der Waals surface area contributed by atoms with Crippen LogP contribution in [0.3, 0.4) is 0 Å². The molecule has 0 amide bonds. The first-order chi connectivity index (χ1) is 9.78. The zero-order valence-electron chi connectivity index (χ0n) is 12.0. The first-order valence-corrected chi connectivity index (χ1v) is 7.89. The van der Waals surface area contributed by atoms with Gasteiger partial charge in [0, 0.05) is 11.4 Å².